The summed E-state index contributed by atoms with van der Waals surface area (Å²) in [5, 5.41) is -0.638. The highest BCUT2D eigenvalue weighted by Gasteiger charge is 2.46. The molecular formula is C20H20BrNO3S. The van der Waals surface area contributed by atoms with Crippen molar-refractivity contribution in [3.05, 3.63) is 69.7 Å². The summed E-state index contributed by atoms with van der Waals surface area (Å²) >= 11 is 3.40. The SMILES string of the molecule is O=C(NS(=O)(=O)C1CCCc2ccccc21)[C@@H]1C[C@H]1c1ccc(Br)cc1. The number of nitrogens with one attached hydrogen (secondary N) is 1. The first-order valence-corrected chi connectivity index (χ1v) is 11.2. The molecule has 2 aromatic rings. The van der Waals surface area contributed by atoms with Gasteiger partial charge < -0.3 is 0 Å². The number of hydrogen-bond acceptors (Lipinski definition) is 3. The Morgan fingerprint density at radius 3 is 2.58 bits per heavy atom. The number of hydrogen-bond donors (Lipinski definition) is 1. The Labute approximate surface area is 162 Å². The Kier molecular flexibility index (Phi) is 4.65. The molecule has 4 rings (SSSR count). The minimum atomic E-state index is -3.72. The molecule has 1 amide bonds. The normalized spacial score (nSPS) is 24.6. The number of aryl methyl sites for hydroxylation is 1. The molecular weight excluding hydrogens is 414 g/mol. The lowest BCUT2D eigenvalue weighted by molar-refractivity contribution is -0.120. The van der Waals surface area contributed by atoms with Gasteiger partial charge in [0.15, 0.2) is 0 Å². The van der Waals surface area contributed by atoms with E-state index in [-0.39, 0.29) is 17.7 Å². The van der Waals surface area contributed by atoms with Crippen molar-refractivity contribution in [2.45, 2.75) is 36.9 Å². The van der Waals surface area contributed by atoms with E-state index >= 15 is 0 Å². The maximum absolute atomic E-state index is 12.8. The Morgan fingerprint density at radius 1 is 1.08 bits per heavy atom. The standard InChI is InChI=1S/C20H20BrNO3S/c21-15-10-8-14(9-11-15)17-12-18(17)20(23)22-26(24,25)19-7-3-5-13-4-1-2-6-16(13)19/h1-2,4,6,8-11,17-19H,3,5,7,12H2,(H,22,23)/t17-,18+,19?/m0/s1. The zero-order chi connectivity index (χ0) is 18.3. The minimum Gasteiger partial charge on any atom is -0.274 e. The number of fused-ring (bicyclic) bond motifs is 1. The predicted molar refractivity (Wildman–Crippen MR) is 104 cm³/mol. The van der Waals surface area contributed by atoms with Crippen LogP contribution in [0, 0.1) is 5.92 Å². The van der Waals surface area contributed by atoms with Gasteiger partial charge in [-0.15, -0.1) is 0 Å². The van der Waals surface area contributed by atoms with Crippen molar-refractivity contribution in [3.63, 3.8) is 0 Å². The van der Waals surface area contributed by atoms with Gasteiger partial charge in [-0.05, 0) is 60.4 Å². The van der Waals surface area contributed by atoms with Gasteiger partial charge in [-0.1, -0.05) is 52.3 Å². The van der Waals surface area contributed by atoms with E-state index in [0.717, 1.165) is 34.0 Å². The Balaban J connectivity index is 1.47. The third-order valence-electron chi connectivity index (χ3n) is 5.36. The van der Waals surface area contributed by atoms with Crippen molar-refractivity contribution in [2.75, 3.05) is 0 Å². The molecule has 0 aliphatic heterocycles. The first-order valence-electron chi connectivity index (χ1n) is 8.84. The van der Waals surface area contributed by atoms with Gasteiger partial charge in [0, 0.05) is 10.4 Å². The molecule has 1 N–H and O–H groups in total. The molecule has 6 heteroatoms. The van der Waals surface area contributed by atoms with Crippen LogP contribution in [0.25, 0.3) is 0 Å². The van der Waals surface area contributed by atoms with Crippen LogP contribution in [-0.2, 0) is 21.2 Å². The van der Waals surface area contributed by atoms with Crippen LogP contribution in [0.5, 0.6) is 0 Å². The number of benzene rings is 2. The molecule has 136 valence electrons. The molecule has 0 aromatic heterocycles. The maximum Gasteiger partial charge on any atom is 0.241 e. The van der Waals surface area contributed by atoms with Crippen molar-refractivity contribution in [1.29, 1.82) is 0 Å². The molecule has 2 aliphatic rings. The lowest BCUT2D eigenvalue weighted by atomic mass is 9.91. The molecule has 0 radical (unpaired) electrons. The molecule has 0 bridgehead atoms. The molecule has 3 atom stereocenters. The summed E-state index contributed by atoms with van der Waals surface area (Å²) in [6.45, 7) is 0. The van der Waals surface area contributed by atoms with E-state index in [9.17, 15) is 13.2 Å². The Bertz CT molecular complexity index is 940. The van der Waals surface area contributed by atoms with Crippen molar-refractivity contribution >= 4 is 31.9 Å². The number of halogens is 1. The van der Waals surface area contributed by atoms with E-state index in [1.807, 2.05) is 48.5 Å². The highest BCUT2D eigenvalue weighted by Crippen LogP contribution is 2.48. The monoisotopic (exact) mass is 433 g/mol. The first-order chi connectivity index (χ1) is 12.5. The highest BCUT2D eigenvalue weighted by atomic mass is 79.9. The molecule has 26 heavy (non-hydrogen) atoms. The van der Waals surface area contributed by atoms with Crippen LogP contribution in [0.15, 0.2) is 53.0 Å². The van der Waals surface area contributed by atoms with Gasteiger partial charge in [0.1, 0.15) is 5.25 Å². The van der Waals surface area contributed by atoms with Crippen LogP contribution >= 0.6 is 15.9 Å². The summed E-state index contributed by atoms with van der Waals surface area (Å²) in [6.07, 6.45) is 2.97. The van der Waals surface area contributed by atoms with E-state index in [0.29, 0.717) is 12.8 Å². The van der Waals surface area contributed by atoms with Gasteiger partial charge in [0.2, 0.25) is 15.9 Å². The lowest BCUT2D eigenvalue weighted by Gasteiger charge is -2.25. The maximum atomic E-state index is 12.8. The number of sulfonamides is 1. The third kappa shape index (κ3) is 3.45. The van der Waals surface area contributed by atoms with Crippen LogP contribution in [0.2, 0.25) is 0 Å². The van der Waals surface area contributed by atoms with Crippen molar-refractivity contribution in [3.8, 4) is 0 Å². The summed E-state index contributed by atoms with van der Waals surface area (Å²) in [7, 11) is -3.72. The second-order valence-corrected chi connectivity index (χ2v) is 9.87. The summed E-state index contributed by atoms with van der Waals surface area (Å²) < 4.78 is 29.0. The number of amides is 1. The molecule has 1 unspecified atom stereocenters. The van der Waals surface area contributed by atoms with Crippen molar-refractivity contribution < 1.29 is 13.2 Å². The zero-order valence-electron chi connectivity index (χ0n) is 14.2. The fourth-order valence-electron chi connectivity index (χ4n) is 3.88. The van der Waals surface area contributed by atoms with E-state index in [2.05, 4.69) is 20.7 Å². The van der Waals surface area contributed by atoms with Crippen LogP contribution < -0.4 is 4.72 Å². The number of rotatable bonds is 4. The summed E-state index contributed by atoms with van der Waals surface area (Å²) in [5.41, 5.74) is 2.98. The largest absolute Gasteiger partial charge is 0.274 e. The average molecular weight is 434 g/mol. The summed E-state index contributed by atoms with van der Waals surface area (Å²) in [6, 6.07) is 15.5. The van der Waals surface area contributed by atoms with Crippen molar-refractivity contribution in [2.24, 2.45) is 5.92 Å². The van der Waals surface area contributed by atoms with Crippen LogP contribution in [0.1, 0.15) is 47.1 Å². The van der Waals surface area contributed by atoms with Crippen LogP contribution in [0.3, 0.4) is 0 Å². The fraction of sp³-hybridized carbons (Fsp3) is 0.350. The second-order valence-electron chi connectivity index (χ2n) is 7.09. The zero-order valence-corrected chi connectivity index (χ0v) is 16.6. The number of carbonyl (C=O) groups excluding carboxylic acids is 1. The highest BCUT2D eigenvalue weighted by molar-refractivity contribution is 9.10. The molecule has 2 aromatic carbocycles. The fourth-order valence-corrected chi connectivity index (χ4v) is 5.76. The first kappa shape index (κ1) is 17.7. The predicted octanol–water partition coefficient (Wildman–Crippen LogP) is 4.08. The van der Waals surface area contributed by atoms with Gasteiger partial charge in [-0.25, -0.2) is 8.42 Å². The van der Waals surface area contributed by atoms with Gasteiger partial charge >= 0.3 is 0 Å². The lowest BCUT2D eigenvalue weighted by Crippen LogP contribution is -2.36. The molecule has 0 spiro atoms. The molecule has 2 aliphatic carbocycles. The third-order valence-corrected chi connectivity index (χ3v) is 7.61. The van der Waals surface area contributed by atoms with E-state index < -0.39 is 15.3 Å². The van der Waals surface area contributed by atoms with E-state index in [1.54, 1.807) is 0 Å². The average Bonchev–Trinajstić information content (AvgIpc) is 3.42. The quantitative estimate of drug-likeness (QED) is 0.789. The Hall–Kier alpha value is -1.66. The smallest absolute Gasteiger partial charge is 0.241 e. The molecule has 4 nitrogen and oxygen atoms in total. The van der Waals surface area contributed by atoms with Gasteiger partial charge in [-0.2, -0.15) is 0 Å². The van der Waals surface area contributed by atoms with Crippen LogP contribution in [-0.4, -0.2) is 14.3 Å². The van der Waals surface area contributed by atoms with Crippen LogP contribution in [0.4, 0.5) is 0 Å². The van der Waals surface area contributed by atoms with Gasteiger partial charge in [0.05, 0.1) is 0 Å². The summed E-state index contributed by atoms with van der Waals surface area (Å²) in [4.78, 5) is 12.5. The summed E-state index contributed by atoms with van der Waals surface area (Å²) in [5.74, 6) is -0.525. The Morgan fingerprint density at radius 2 is 1.81 bits per heavy atom. The molecule has 1 saturated carbocycles. The molecule has 0 saturated heterocycles. The molecule has 1 fully saturated rings. The second kappa shape index (κ2) is 6.82. The van der Waals surface area contributed by atoms with Gasteiger partial charge in [0.25, 0.3) is 0 Å². The topological polar surface area (TPSA) is 63.2 Å². The van der Waals surface area contributed by atoms with E-state index in [1.165, 1.54) is 0 Å². The minimum absolute atomic E-state index is 0.108. The van der Waals surface area contributed by atoms with Crippen molar-refractivity contribution in [1.82, 2.24) is 4.72 Å². The number of carbonyl (C=O) groups is 1. The molecule has 0 heterocycles. The van der Waals surface area contributed by atoms with Gasteiger partial charge in [-0.3, -0.25) is 9.52 Å². The van der Waals surface area contributed by atoms with E-state index in [4.69, 9.17) is 0 Å².